The lowest BCUT2D eigenvalue weighted by molar-refractivity contribution is 0.300. The van der Waals surface area contributed by atoms with Gasteiger partial charge in [0.15, 0.2) is 0 Å². The first-order valence-electron chi connectivity index (χ1n) is 1.09. The Morgan fingerprint density at radius 2 is 2.00 bits per heavy atom. The van der Waals surface area contributed by atoms with Gasteiger partial charge in [0.1, 0.15) is 11.3 Å². The molecule has 0 rings (SSSR count). The zero-order chi connectivity index (χ0) is 5.91. The highest BCUT2D eigenvalue weighted by atomic mass is 35.7. The maximum absolute atomic E-state index is 9.60. The van der Waals surface area contributed by atoms with Crippen LogP contribution < -0.4 is 0 Å². The molecule has 0 aliphatic heterocycles. The summed E-state index contributed by atoms with van der Waals surface area (Å²) in [5, 5.41) is 0. The van der Waals surface area contributed by atoms with Crippen LogP contribution in [-0.4, -0.2) is 9.79 Å². The van der Waals surface area contributed by atoms with E-state index in [2.05, 4.69) is 14.7 Å². The second kappa shape index (κ2) is 4.88. The van der Waals surface area contributed by atoms with E-state index in [0.717, 1.165) is 0 Å². The minimum atomic E-state index is -4.33. The zero-order valence-corrected chi connectivity index (χ0v) is 6.64. The zero-order valence-electron chi connectivity index (χ0n) is 3.35. The van der Waals surface area contributed by atoms with Crippen molar-refractivity contribution in [3.8, 4) is 0 Å². The normalized spacial score (nSPS) is 10.4. The van der Waals surface area contributed by atoms with E-state index in [1.807, 2.05) is 0 Å². The van der Waals surface area contributed by atoms with E-state index in [1.54, 1.807) is 0 Å². The van der Waals surface area contributed by atoms with E-state index >= 15 is 0 Å². The van der Waals surface area contributed by atoms with Crippen LogP contribution in [0.3, 0.4) is 0 Å². The molecular weight excluding hydrogens is 198 g/mol. The van der Waals surface area contributed by atoms with Crippen LogP contribution >= 0.6 is 42.2 Å². The fraction of sp³-hybridized carbons (Fsp3) is 0. The molecule has 0 atom stereocenters. The van der Waals surface area contributed by atoms with Crippen molar-refractivity contribution < 1.29 is 18.3 Å². The van der Waals surface area contributed by atoms with Gasteiger partial charge < -0.3 is 9.79 Å². The number of halogens is 2. The molecule has 0 heterocycles. The second-order valence-electron chi connectivity index (χ2n) is 0.628. The Balaban J connectivity index is 0. The summed E-state index contributed by atoms with van der Waals surface area (Å²) in [6, 6.07) is 0. The molecule has 52 valence electrons. The Hall–Kier alpha value is 1.04. The lowest BCUT2D eigenvalue weighted by Gasteiger charge is -1.94. The Morgan fingerprint density at radius 1 is 1.62 bits per heavy atom. The summed E-state index contributed by atoms with van der Waals surface area (Å²) < 4.78 is 13.2. The van der Waals surface area contributed by atoms with E-state index in [-0.39, 0.29) is 23.7 Å². The third kappa shape index (κ3) is 10.1. The van der Waals surface area contributed by atoms with Gasteiger partial charge in [-0.25, -0.2) is 4.57 Å². The molecule has 0 aromatic carbocycles. The predicted octanol–water partition coefficient (Wildman–Crippen LogP) is 1.32. The van der Waals surface area contributed by atoms with Gasteiger partial charge in [0.25, 0.3) is 0 Å². The van der Waals surface area contributed by atoms with Crippen molar-refractivity contribution in [2.45, 2.75) is 0 Å². The Morgan fingerprint density at radius 3 is 2.00 bits per heavy atom. The molecule has 0 amide bonds. The van der Waals surface area contributed by atoms with Gasteiger partial charge in [-0.2, -0.15) is 3.97 Å². The predicted molar refractivity (Wildman–Crippen MR) is 33.8 cm³/mol. The molecule has 0 saturated carbocycles. The summed E-state index contributed by atoms with van der Waals surface area (Å²) in [5.41, 5.74) is 0. The van der Waals surface area contributed by atoms with E-state index in [9.17, 15) is 4.57 Å². The smallest absolute Gasteiger partial charge is 0.302 e. The highest BCUT2D eigenvalue weighted by Crippen LogP contribution is 2.41. The molecule has 0 unspecified atom stereocenters. The Kier molecular flexibility index (Phi) is 7.19. The van der Waals surface area contributed by atoms with Crippen LogP contribution in [0.25, 0.3) is 0 Å². The minimum Gasteiger partial charge on any atom is -0.302 e. The average Bonchev–Trinajstić information content (AvgIpc) is 1.30. The topological polar surface area (TPSA) is 66.8 Å². The van der Waals surface area contributed by atoms with Gasteiger partial charge in [-0.15, -0.1) is 12.4 Å². The van der Waals surface area contributed by atoms with Crippen molar-refractivity contribution >= 4 is 42.2 Å². The summed E-state index contributed by atoms with van der Waals surface area (Å²) in [5.74, 6) is 0. The first-order valence-corrected chi connectivity index (χ1v) is 4.18. The quantitative estimate of drug-likeness (QED) is 0.520. The van der Waals surface area contributed by atoms with Crippen molar-refractivity contribution in [1.82, 2.24) is 0 Å². The SMILES string of the molecule is Cl.O=P(O)(O)OSCl. The third-order valence-electron chi connectivity index (χ3n) is 0.125. The van der Waals surface area contributed by atoms with E-state index in [1.165, 1.54) is 0 Å². The highest BCUT2D eigenvalue weighted by Gasteiger charge is 2.12. The fourth-order valence-electron chi connectivity index (χ4n) is 0.0367. The standard InChI is InChI=1S/ClH2O4PS.ClH/c1-7-5-6(2,3)4;/h(H2,2,3,4);1H. The number of hydrogen-bond acceptors (Lipinski definition) is 3. The van der Waals surface area contributed by atoms with E-state index < -0.39 is 7.82 Å². The third-order valence-corrected chi connectivity index (χ3v) is 1.63. The summed E-state index contributed by atoms with van der Waals surface area (Å²) in [4.78, 5) is 15.6. The largest absolute Gasteiger partial charge is 0.481 e. The van der Waals surface area contributed by atoms with Crippen LogP contribution in [0.4, 0.5) is 0 Å². The lowest BCUT2D eigenvalue weighted by atomic mass is 15.8. The molecule has 0 aliphatic carbocycles. The lowest BCUT2D eigenvalue weighted by Crippen LogP contribution is -1.72. The van der Waals surface area contributed by atoms with Crippen molar-refractivity contribution in [2.24, 2.45) is 0 Å². The van der Waals surface area contributed by atoms with Crippen LogP contribution in [0.15, 0.2) is 0 Å². The Labute approximate surface area is 60.9 Å². The molecule has 2 N–H and O–H groups in total. The fourth-order valence-corrected chi connectivity index (χ4v) is 0.991. The molecular formula is H3Cl2O4PS. The second-order valence-corrected chi connectivity index (χ2v) is 2.71. The number of phosphoric acid groups is 1. The van der Waals surface area contributed by atoms with Crippen LogP contribution in [0.2, 0.25) is 0 Å². The van der Waals surface area contributed by atoms with Gasteiger partial charge in [-0.1, -0.05) is 0 Å². The Bertz CT molecular complexity index is 88.0. The summed E-state index contributed by atoms with van der Waals surface area (Å²) in [7, 11) is 0.354. The molecule has 0 bridgehead atoms. The molecule has 4 nitrogen and oxygen atoms in total. The van der Waals surface area contributed by atoms with Crippen molar-refractivity contribution in [2.75, 3.05) is 0 Å². The summed E-state index contributed by atoms with van der Waals surface area (Å²) >= 11 is 0.118. The molecule has 0 aliphatic rings. The van der Waals surface area contributed by atoms with Crippen LogP contribution in [0.5, 0.6) is 0 Å². The van der Waals surface area contributed by atoms with Gasteiger partial charge in [-0.3, -0.25) is 0 Å². The maximum atomic E-state index is 9.60. The molecule has 0 spiro atoms. The van der Waals surface area contributed by atoms with E-state index in [4.69, 9.17) is 9.79 Å². The van der Waals surface area contributed by atoms with E-state index in [0.29, 0.717) is 0 Å². The van der Waals surface area contributed by atoms with Gasteiger partial charge in [0.05, 0.1) is 0 Å². The maximum Gasteiger partial charge on any atom is 0.481 e. The molecule has 8 heavy (non-hydrogen) atoms. The molecule has 0 aromatic heterocycles. The van der Waals surface area contributed by atoms with Gasteiger partial charge in [0, 0.05) is 0 Å². The number of hydrogen-bond donors (Lipinski definition) is 2. The van der Waals surface area contributed by atoms with Crippen LogP contribution in [0.1, 0.15) is 0 Å². The molecule has 0 aromatic rings. The molecule has 0 radical (unpaired) electrons. The number of rotatable bonds is 2. The minimum absolute atomic E-state index is 0. The molecule has 0 fully saturated rings. The van der Waals surface area contributed by atoms with Crippen molar-refractivity contribution in [3.63, 3.8) is 0 Å². The van der Waals surface area contributed by atoms with Crippen LogP contribution in [-0.2, 0) is 8.54 Å². The molecule has 8 heteroatoms. The molecule has 0 saturated heterocycles. The van der Waals surface area contributed by atoms with Gasteiger partial charge in [-0.05, 0) is 10.7 Å². The van der Waals surface area contributed by atoms with Crippen LogP contribution in [0, 0.1) is 0 Å². The van der Waals surface area contributed by atoms with Crippen molar-refractivity contribution in [3.05, 3.63) is 0 Å². The first-order chi connectivity index (χ1) is 3.06. The van der Waals surface area contributed by atoms with Crippen molar-refractivity contribution in [1.29, 1.82) is 0 Å². The average molecular weight is 201 g/mol. The highest BCUT2D eigenvalue weighted by molar-refractivity contribution is 8.19. The summed E-state index contributed by atoms with van der Waals surface area (Å²) in [6.45, 7) is 0. The summed E-state index contributed by atoms with van der Waals surface area (Å²) in [6.07, 6.45) is 0. The first kappa shape index (κ1) is 11.8. The van der Waals surface area contributed by atoms with Gasteiger partial charge >= 0.3 is 7.82 Å². The van der Waals surface area contributed by atoms with Gasteiger partial charge in [0.2, 0.25) is 0 Å². The monoisotopic (exact) mass is 200 g/mol.